The van der Waals surface area contributed by atoms with Crippen LogP contribution in [0.4, 0.5) is 51.8 Å². The Bertz CT molecular complexity index is 3660. The summed E-state index contributed by atoms with van der Waals surface area (Å²) < 4.78 is 153. The first-order chi connectivity index (χ1) is 67.5. The van der Waals surface area contributed by atoms with Crippen molar-refractivity contribution in [3.05, 3.63) is 161 Å². The Balaban J connectivity index is 0.00000133. The standard InChI is InChI=1S/C69H117N3O6.C42H57N6.3BF4.3Pt/c1-2-8-14-20-26-32-38-44-59-74-65-53-50-55-67(71-65)76-61-46-40-34-28-22-16-10-5-6-12-18-24-30-36-42-48-63-78-69-57-51-56-68(72-69)77-62-47-41-35-29-23-17-11-4-3-9-15-21-27-33-39-45-60-75-66-54-49-52-64(70-66)73-58-43-37-31-25-19-13-7-1;1-43(2)25-31-13-32(26-44(3)4)17-37(16-31)40-22-41(38-18-33(27-45(5)6)14-34(19-38)28-46(7)8)24-42(23-40)39-20-35(29-47(9)10)15-36(21-39)30-48(11)12;3*2-1(3,4)5;;;/h49-57H,1-48,58-63H2;16-24H,25-30H2,1-12H3;;;;;;/q;-3;3*-1;3*+2. The summed E-state index contributed by atoms with van der Waals surface area (Å²) >= 11 is 0. The van der Waals surface area contributed by atoms with Crippen molar-refractivity contribution >= 4 is 21.8 Å². The van der Waals surface area contributed by atoms with Gasteiger partial charge in [0.25, 0.3) is 0 Å². The van der Waals surface area contributed by atoms with Gasteiger partial charge in [-0.2, -0.15) is 69.5 Å². The van der Waals surface area contributed by atoms with Crippen LogP contribution in [0.5, 0.6) is 35.3 Å². The quantitative estimate of drug-likeness (QED) is 0.0551. The molecule has 0 atom stereocenters. The van der Waals surface area contributed by atoms with Gasteiger partial charge in [-0.1, -0.05) is 306 Å². The van der Waals surface area contributed by atoms with Crippen LogP contribution in [-0.4, -0.2) is 190 Å². The van der Waals surface area contributed by atoms with Crippen LogP contribution in [0, 0.1) is 18.2 Å². The van der Waals surface area contributed by atoms with Gasteiger partial charge in [0, 0.05) is 75.7 Å². The van der Waals surface area contributed by atoms with Gasteiger partial charge >= 0.3 is 85.0 Å². The zero-order chi connectivity index (χ0) is 103. The first kappa shape index (κ1) is 136. The van der Waals surface area contributed by atoms with Gasteiger partial charge in [0.05, 0.1) is 39.6 Å². The number of aromatic nitrogens is 3. The Morgan fingerprint density at radius 2 is 0.299 bits per heavy atom. The van der Waals surface area contributed by atoms with Crippen LogP contribution in [0.25, 0.3) is 33.4 Å². The summed E-state index contributed by atoms with van der Waals surface area (Å²) in [5.41, 5.74) is 14.5. The third-order valence-electron chi connectivity index (χ3n) is 23.5. The third kappa shape index (κ3) is 79.4. The van der Waals surface area contributed by atoms with E-state index >= 15 is 0 Å². The van der Waals surface area contributed by atoms with Crippen molar-refractivity contribution in [1.82, 2.24) is 44.4 Å². The van der Waals surface area contributed by atoms with Gasteiger partial charge in [0.1, 0.15) is 0 Å². The topological polar surface area (TPSA) is 113 Å². The molecule has 7 aromatic rings. The number of ether oxygens (including phenoxy) is 6. The molecular formula is C111H174B3F12N9O6Pt3. The second-order valence-electron chi connectivity index (χ2n) is 39.5. The van der Waals surface area contributed by atoms with E-state index in [1.165, 1.54) is 336 Å². The van der Waals surface area contributed by atoms with Gasteiger partial charge in [-0.15, -0.1) is 50.1 Å². The zero-order valence-corrected chi connectivity index (χ0v) is 95.8. The molecule has 4 heterocycles. The molecule has 3 aromatic heterocycles. The van der Waals surface area contributed by atoms with Gasteiger partial charge in [-0.05, 0) is 140 Å². The van der Waals surface area contributed by atoms with Crippen molar-refractivity contribution in [1.29, 1.82) is 0 Å². The van der Waals surface area contributed by atoms with E-state index < -0.39 is 21.8 Å². The van der Waals surface area contributed by atoms with Gasteiger partial charge < -0.3 is 110 Å². The molecule has 0 radical (unpaired) electrons. The maximum absolute atomic E-state index is 9.75. The summed E-state index contributed by atoms with van der Waals surface area (Å²) in [6.07, 6.45) is 63.1. The molecule has 8 rings (SSSR count). The zero-order valence-electron chi connectivity index (χ0n) is 89.0. The van der Waals surface area contributed by atoms with Crippen molar-refractivity contribution in [2.45, 2.75) is 347 Å². The molecule has 0 saturated heterocycles. The SMILES string of the molecule is CN(C)Cc1[c-]c(CN(C)C)cc(-c2cc(-c3cc(CN(C)C)[c-]c(CN(C)C)c3)cc(-c3cc(CN(C)C)[c-]c(CN(C)C)c3)c2)c1.F[B-](F)(F)F.F[B-](F)(F)F.F[B-](F)(F)F.[Pt+2].[Pt+2].[Pt+2].c1cc2nc(c1)OCCCCCCCCCCCCCCCCCCOc1cccc(n1)OCCCCCCCCCCCCCCCCCCOc1cccc(n1)OCCCCCCCCCCCCCCCCCCO2. The van der Waals surface area contributed by atoms with Crippen LogP contribution >= 0.6 is 0 Å². The van der Waals surface area contributed by atoms with Gasteiger partial charge in [0.15, 0.2) is 0 Å². The number of fused-ring (bicyclic) bond motifs is 6. The van der Waals surface area contributed by atoms with Crippen molar-refractivity contribution in [3.63, 3.8) is 0 Å². The molecule has 0 fully saturated rings. The molecule has 1 aliphatic rings. The van der Waals surface area contributed by atoms with E-state index in [1.807, 2.05) is 54.6 Å². The molecule has 33 heteroatoms. The molecule has 822 valence electrons. The van der Waals surface area contributed by atoms with Crippen LogP contribution in [-0.2, 0) is 102 Å². The Morgan fingerprint density at radius 3 is 0.410 bits per heavy atom. The number of hydrogen-bond acceptors (Lipinski definition) is 15. The predicted octanol–water partition coefficient (Wildman–Crippen LogP) is 31.6. The van der Waals surface area contributed by atoms with Crippen molar-refractivity contribution in [3.8, 4) is 68.7 Å². The summed E-state index contributed by atoms with van der Waals surface area (Å²) in [6, 6.07) is 49.9. The molecule has 0 saturated carbocycles. The molecule has 0 aliphatic carbocycles. The van der Waals surface area contributed by atoms with E-state index in [-0.39, 0.29) is 63.2 Å². The molecule has 0 unspecified atom stereocenters. The largest absolute Gasteiger partial charge is 2.00 e. The molecule has 4 aromatic carbocycles. The van der Waals surface area contributed by atoms with E-state index in [1.54, 1.807) is 0 Å². The minimum Gasteiger partial charge on any atom is -0.478 e. The molecule has 0 N–H and O–H groups in total. The molecule has 6 bridgehead atoms. The summed E-state index contributed by atoms with van der Waals surface area (Å²) in [6.45, 7) is 9.45. The average molecular weight is 2580 g/mol. The molecule has 0 spiro atoms. The molecule has 1 aliphatic heterocycles. The smallest absolute Gasteiger partial charge is 0.478 e. The van der Waals surface area contributed by atoms with E-state index in [0.717, 1.165) is 117 Å². The van der Waals surface area contributed by atoms with Crippen LogP contribution < -0.4 is 28.4 Å². The number of rotatable bonds is 15. The molecule has 144 heavy (non-hydrogen) atoms. The third-order valence-corrected chi connectivity index (χ3v) is 23.5. The summed E-state index contributed by atoms with van der Waals surface area (Å²) in [5, 5.41) is 0. The molecule has 0 amide bonds. The fourth-order valence-electron chi connectivity index (χ4n) is 17.0. The fraction of sp³-hybridized carbons (Fsp3) is 0.649. The summed E-state index contributed by atoms with van der Waals surface area (Å²) in [7, 11) is 7.46. The Kier molecular flexibility index (Phi) is 79.5. The van der Waals surface area contributed by atoms with E-state index in [0.29, 0.717) is 35.3 Å². The van der Waals surface area contributed by atoms with Crippen molar-refractivity contribution in [2.24, 2.45) is 0 Å². The Labute approximate surface area is 904 Å². The molecular weight excluding hydrogens is 2400 g/mol. The number of nitrogens with zero attached hydrogens (tertiary/aromatic N) is 9. The monoisotopic (exact) mass is 2580 g/mol. The van der Waals surface area contributed by atoms with Crippen LogP contribution in [0.3, 0.4) is 0 Å². The second kappa shape index (κ2) is 84.0. The number of pyridine rings is 3. The maximum atomic E-state index is 9.75. The molecule has 15 nitrogen and oxygen atoms in total. The van der Waals surface area contributed by atoms with Crippen LogP contribution in [0.2, 0.25) is 0 Å². The van der Waals surface area contributed by atoms with Gasteiger partial charge in [-0.3, -0.25) is 0 Å². The maximum Gasteiger partial charge on any atom is 2.00 e. The van der Waals surface area contributed by atoms with Crippen LogP contribution in [0.15, 0.2) is 109 Å². The number of halogens is 12. The summed E-state index contributed by atoms with van der Waals surface area (Å²) in [5.74, 6) is 4.13. The normalized spacial score (nSPS) is 16.4. The minimum absolute atomic E-state index is 0. The minimum atomic E-state index is -6.00. The average Bonchev–Trinajstić information content (AvgIpc) is 0.781. The first-order valence-electron chi connectivity index (χ1n) is 53.0. The van der Waals surface area contributed by atoms with Crippen molar-refractivity contribution < 1.29 is 143 Å². The first-order valence-corrected chi connectivity index (χ1v) is 53.0. The second-order valence-corrected chi connectivity index (χ2v) is 39.5. The Morgan fingerprint density at radius 1 is 0.194 bits per heavy atom. The van der Waals surface area contributed by atoms with E-state index in [2.05, 4.69) is 202 Å². The number of benzene rings is 4. The van der Waals surface area contributed by atoms with Crippen molar-refractivity contribution in [2.75, 3.05) is 124 Å². The van der Waals surface area contributed by atoms with E-state index in [4.69, 9.17) is 28.4 Å². The summed E-state index contributed by atoms with van der Waals surface area (Å²) in [4.78, 5) is 27.1. The predicted molar refractivity (Wildman–Crippen MR) is 561 cm³/mol. The van der Waals surface area contributed by atoms with Gasteiger partial charge in [0.2, 0.25) is 35.3 Å². The fourth-order valence-corrected chi connectivity index (χ4v) is 17.0. The Hall–Kier alpha value is -5.69. The van der Waals surface area contributed by atoms with Gasteiger partial charge in [-0.25, -0.2) is 0 Å². The number of hydrogen-bond donors (Lipinski definition) is 0. The van der Waals surface area contributed by atoms with Crippen LogP contribution in [0.1, 0.15) is 342 Å². The van der Waals surface area contributed by atoms with E-state index in [9.17, 15) is 51.8 Å².